The topological polar surface area (TPSA) is 82.2 Å². The average Bonchev–Trinajstić information content (AvgIpc) is 2.84. The van der Waals surface area contributed by atoms with Crippen LogP contribution in [0.25, 0.3) is 0 Å². The van der Waals surface area contributed by atoms with Gasteiger partial charge in [0.1, 0.15) is 5.75 Å². The van der Waals surface area contributed by atoms with Crippen LogP contribution in [0.5, 0.6) is 5.75 Å². The number of hydrogen-bond acceptors (Lipinski definition) is 4. The van der Waals surface area contributed by atoms with E-state index in [4.69, 9.17) is 10.5 Å². The van der Waals surface area contributed by atoms with Crippen LogP contribution in [0.3, 0.4) is 0 Å². The van der Waals surface area contributed by atoms with Gasteiger partial charge in [0, 0.05) is 30.9 Å². The van der Waals surface area contributed by atoms with Crippen LogP contribution in [0.15, 0.2) is 30.6 Å². The number of nitrogens with one attached hydrogen (secondary N) is 1. The number of nitrogen functional groups attached to an aromatic ring is 1. The van der Waals surface area contributed by atoms with Gasteiger partial charge < -0.3 is 15.8 Å². The molecule has 0 aliphatic rings. The molecule has 0 atom stereocenters. The van der Waals surface area contributed by atoms with Crippen molar-refractivity contribution in [3.8, 4) is 5.75 Å². The first-order chi connectivity index (χ1) is 9.60. The number of aryl methyl sites for hydroxylation is 1. The molecule has 0 bridgehead atoms. The first-order valence-electron chi connectivity index (χ1n) is 6.38. The number of anilines is 1. The maximum Gasteiger partial charge on any atom is 0.251 e. The van der Waals surface area contributed by atoms with Crippen molar-refractivity contribution in [3.63, 3.8) is 0 Å². The van der Waals surface area contributed by atoms with Crippen molar-refractivity contribution in [2.45, 2.75) is 13.5 Å². The zero-order valence-corrected chi connectivity index (χ0v) is 11.6. The predicted molar refractivity (Wildman–Crippen MR) is 76.4 cm³/mol. The molecular formula is C14H18N4O2. The van der Waals surface area contributed by atoms with E-state index in [0.717, 1.165) is 5.56 Å². The Morgan fingerprint density at radius 2 is 2.30 bits per heavy atom. The second kappa shape index (κ2) is 6.10. The largest absolute Gasteiger partial charge is 0.492 e. The number of carbonyl (C=O) groups excluding carboxylic acids is 1. The van der Waals surface area contributed by atoms with Crippen molar-refractivity contribution in [3.05, 3.63) is 41.7 Å². The summed E-state index contributed by atoms with van der Waals surface area (Å²) in [7, 11) is 1.83. The number of hydrogen-bond donors (Lipinski definition) is 2. The van der Waals surface area contributed by atoms with Crippen LogP contribution in [0, 0.1) is 0 Å². The van der Waals surface area contributed by atoms with Crippen molar-refractivity contribution < 1.29 is 9.53 Å². The summed E-state index contributed by atoms with van der Waals surface area (Å²) in [5, 5.41) is 6.86. The van der Waals surface area contributed by atoms with Crippen LogP contribution in [0.4, 0.5) is 5.69 Å². The van der Waals surface area contributed by atoms with Gasteiger partial charge in [-0.2, -0.15) is 5.10 Å². The summed E-state index contributed by atoms with van der Waals surface area (Å²) in [4.78, 5) is 12.0. The van der Waals surface area contributed by atoms with E-state index < -0.39 is 0 Å². The number of rotatable bonds is 5. The molecule has 0 aliphatic heterocycles. The summed E-state index contributed by atoms with van der Waals surface area (Å²) in [6.07, 6.45) is 3.57. The van der Waals surface area contributed by atoms with E-state index in [-0.39, 0.29) is 5.91 Å². The minimum absolute atomic E-state index is 0.177. The third-order valence-corrected chi connectivity index (χ3v) is 2.78. The summed E-state index contributed by atoms with van der Waals surface area (Å²) >= 11 is 0. The van der Waals surface area contributed by atoms with Gasteiger partial charge >= 0.3 is 0 Å². The first-order valence-corrected chi connectivity index (χ1v) is 6.38. The van der Waals surface area contributed by atoms with Crippen LogP contribution < -0.4 is 15.8 Å². The van der Waals surface area contributed by atoms with E-state index in [1.165, 1.54) is 0 Å². The van der Waals surface area contributed by atoms with Gasteiger partial charge in [-0.3, -0.25) is 9.48 Å². The molecule has 0 radical (unpaired) electrons. The van der Waals surface area contributed by atoms with Crippen LogP contribution in [0.2, 0.25) is 0 Å². The third kappa shape index (κ3) is 3.28. The van der Waals surface area contributed by atoms with Crippen molar-refractivity contribution in [2.75, 3.05) is 12.3 Å². The Balaban J connectivity index is 2.00. The van der Waals surface area contributed by atoms with Gasteiger partial charge in [-0.05, 0) is 25.1 Å². The molecule has 106 valence electrons. The van der Waals surface area contributed by atoms with E-state index in [2.05, 4.69) is 10.4 Å². The Kier molecular flexibility index (Phi) is 4.24. The van der Waals surface area contributed by atoms with Gasteiger partial charge in [0.2, 0.25) is 0 Å². The van der Waals surface area contributed by atoms with Gasteiger partial charge in [0.25, 0.3) is 5.91 Å². The van der Waals surface area contributed by atoms with Crippen LogP contribution in [0.1, 0.15) is 22.8 Å². The van der Waals surface area contributed by atoms with E-state index in [1.807, 2.05) is 20.2 Å². The first kappa shape index (κ1) is 13.9. The highest BCUT2D eigenvalue weighted by Crippen LogP contribution is 2.22. The monoisotopic (exact) mass is 274 g/mol. The Morgan fingerprint density at radius 3 is 2.90 bits per heavy atom. The zero-order valence-electron chi connectivity index (χ0n) is 11.6. The summed E-state index contributed by atoms with van der Waals surface area (Å²) in [5.74, 6) is 0.417. The van der Waals surface area contributed by atoms with Gasteiger partial charge in [-0.1, -0.05) is 0 Å². The molecule has 2 aromatic rings. The fraction of sp³-hybridized carbons (Fsp3) is 0.286. The second-order valence-corrected chi connectivity index (χ2v) is 4.39. The molecule has 1 aromatic carbocycles. The Labute approximate surface area is 117 Å². The molecular weight excluding hydrogens is 256 g/mol. The minimum Gasteiger partial charge on any atom is -0.492 e. The van der Waals surface area contributed by atoms with Crippen LogP contribution in [-0.2, 0) is 13.6 Å². The number of benzene rings is 1. The normalized spacial score (nSPS) is 10.3. The molecule has 0 fully saturated rings. The van der Waals surface area contributed by atoms with Crippen molar-refractivity contribution in [2.24, 2.45) is 7.05 Å². The molecule has 0 aliphatic carbocycles. The molecule has 6 nitrogen and oxygen atoms in total. The van der Waals surface area contributed by atoms with Crippen molar-refractivity contribution >= 4 is 11.6 Å². The van der Waals surface area contributed by atoms with Gasteiger partial charge in [0.15, 0.2) is 0 Å². The highest BCUT2D eigenvalue weighted by molar-refractivity contribution is 5.95. The summed E-state index contributed by atoms with van der Waals surface area (Å²) in [5.41, 5.74) is 7.75. The summed E-state index contributed by atoms with van der Waals surface area (Å²) in [6.45, 7) is 2.85. The predicted octanol–water partition coefficient (Wildman–Crippen LogP) is 1.33. The fourth-order valence-electron chi connectivity index (χ4n) is 1.82. The smallest absolute Gasteiger partial charge is 0.251 e. The zero-order chi connectivity index (χ0) is 14.5. The summed E-state index contributed by atoms with van der Waals surface area (Å²) < 4.78 is 7.03. The number of nitrogens with two attached hydrogens (primary N) is 1. The number of amides is 1. The molecule has 1 aromatic heterocycles. The fourth-order valence-corrected chi connectivity index (χ4v) is 1.82. The van der Waals surface area contributed by atoms with Gasteiger partial charge in [-0.15, -0.1) is 0 Å². The molecule has 0 spiro atoms. The number of nitrogens with zero attached hydrogens (tertiary/aromatic N) is 2. The highest BCUT2D eigenvalue weighted by Gasteiger charge is 2.09. The maximum absolute atomic E-state index is 12.0. The molecule has 20 heavy (non-hydrogen) atoms. The Morgan fingerprint density at radius 1 is 1.50 bits per heavy atom. The summed E-state index contributed by atoms with van der Waals surface area (Å²) in [6, 6.07) is 5.02. The van der Waals surface area contributed by atoms with Gasteiger partial charge in [-0.25, -0.2) is 0 Å². The molecule has 2 rings (SSSR count). The average molecular weight is 274 g/mol. The van der Waals surface area contributed by atoms with Crippen LogP contribution in [-0.4, -0.2) is 22.3 Å². The van der Waals surface area contributed by atoms with Crippen LogP contribution >= 0.6 is 0 Å². The number of aromatic nitrogens is 2. The quantitative estimate of drug-likeness (QED) is 0.806. The molecule has 3 N–H and O–H groups in total. The lowest BCUT2D eigenvalue weighted by Gasteiger charge is -2.09. The van der Waals surface area contributed by atoms with E-state index in [1.54, 1.807) is 29.1 Å². The second-order valence-electron chi connectivity index (χ2n) is 4.39. The molecule has 0 saturated heterocycles. The lowest BCUT2D eigenvalue weighted by atomic mass is 10.1. The van der Waals surface area contributed by atoms with E-state index in [0.29, 0.717) is 30.2 Å². The SMILES string of the molecule is CCOc1ccc(C(=O)NCc2cnn(C)c2)cc1N. The number of ether oxygens (including phenoxy) is 1. The molecule has 1 heterocycles. The third-order valence-electron chi connectivity index (χ3n) is 2.78. The minimum atomic E-state index is -0.177. The van der Waals surface area contributed by atoms with Crippen molar-refractivity contribution in [1.29, 1.82) is 0 Å². The molecule has 1 amide bonds. The molecule has 0 saturated carbocycles. The Hall–Kier alpha value is -2.50. The number of carbonyl (C=O) groups is 1. The molecule has 0 unspecified atom stereocenters. The van der Waals surface area contributed by atoms with E-state index >= 15 is 0 Å². The van der Waals surface area contributed by atoms with Gasteiger partial charge in [0.05, 0.1) is 18.5 Å². The van der Waals surface area contributed by atoms with E-state index in [9.17, 15) is 4.79 Å². The maximum atomic E-state index is 12.0. The van der Waals surface area contributed by atoms with Crippen molar-refractivity contribution in [1.82, 2.24) is 15.1 Å². The highest BCUT2D eigenvalue weighted by atomic mass is 16.5. The standard InChI is InChI=1S/C14H18N4O2/c1-3-20-13-5-4-11(6-12(13)15)14(19)16-7-10-8-17-18(2)9-10/h4-6,8-9H,3,7,15H2,1-2H3,(H,16,19). The molecule has 6 heteroatoms. The lowest BCUT2D eigenvalue weighted by Crippen LogP contribution is -2.22. The Bertz CT molecular complexity index is 607. The lowest BCUT2D eigenvalue weighted by molar-refractivity contribution is 0.0951.